The van der Waals surface area contributed by atoms with Crippen molar-refractivity contribution >= 4 is 22.0 Å². The SMILES string of the molecule is CC(C)(C)OC(=O)NCc1ccc(C#CCOCCCBr)cc1O. The number of rotatable bonds is 6. The molecule has 132 valence electrons. The van der Waals surface area contributed by atoms with Gasteiger partial charge in [0.1, 0.15) is 18.0 Å². The Kier molecular flexibility index (Phi) is 8.66. The Hall–Kier alpha value is -1.71. The molecule has 0 aromatic heterocycles. The van der Waals surface area contributed by atoms with Crippen LogP contribution in [0.15, 0.2) is 18.2 Å². The summed E-state index contributed by atoms with van der Waals surface area (Å²) >= 11 is 3.33. The van der Waals surface area contributed by atoms with Gasteiger partial charge in [-0.15, -0.1) is 0 Å². The maximum absolute atomic E-state index is 11.6. The number of aromatic hydroxyl groups is 1. The van der Waals surface area contributed by atoms with Crippen LogP contribution in [-0.4, -0.2) is 35.3 Å². The Balaban J connectivity index is 2.50. The van der Waals surface area contributed by atoms with Crippen LogP contribution in [0.1, 0.15) is 38.3 Å². The summed E-state index contributed by atoms with van der Waals surface area (Å²) in [5.74, 6) is 5.90. The molecule has 24 heavy (non-hydrogen) atoms. The van der Waals surface area contributed by atoms with Crippen LogP contribution in [0.3, 0.4) is 0 Å². The highest BCUT2D eigenvalue weighted by atomic mass is 79.9. The normalized spacial score (nSPS) is 10.7. The molecule has 1 aromatic rings. The standard InChI is InChI=1S/C18H24BrNO4/c1-18(2,3)24-17(22)20-13-15-8-7-14(12-16(15)21)6-4-10-23-11-5-9-19/h7-8,12,21H,5,9-11,13H2,1-3H3,(H,20,22). The van der Waals surface area contributed by atoms with E-state index in [2.05, 4.69) is 33.1 Å². The number of phenolic OH excluding ortho intramolecular Hbond substituents is 1. The molecule has 0 spiro atoms. The van der Waals surface area contributed by atoms with Crippen molar-refractivity contribution in [3.63, 3.8) is 0 Å². The Morgan fingerprint density at radius 3 is 2.75 bits per heavy atom. The molecule has 5 nitrogen and oxygen atoms in total. The lowest BCUT2D eigenvalue weighted by Gasteiger charge is -2.19. The molecule has 0 radical (unpaired) electrons. The minimum atomic E-state index is -0.553. The van der Waals surface area contributed by atoms with Crippen molar-refractivity contribution in [3.05, 3.63) is 29.3 Å². The van der Waals surface area contributed by atoms with Gasteiger partial charge >= 0.3 is 6.09 Å². The summed E-state index contributed by atoms with van der Waals surface area (Å²) in [7, 11) is 0. The number of halogens is 1. The molecule has 1 aromatic carbocycles. The highest BCUT2D eigenvalue weighted by molar-refractivity contribution is 9.09. The fourth-order valence-corrected chi connectivity index (χ4v) is 1.92. The average Bonchev–Trinajstić information content (AvgIpc) is 2.48. The van der Waals surface area contributed by atoms with Crippen LogP contribution in [0.25, 0.3) is 0 Å². The molecule has 0 bridgehead atoms. The molecule has 0 unspecified atom stereocenters. The second-order valence-corrected chi connectivity index (χ2v) is 6.89. The van der Waals surface area contributed by atoms with E-state index in [4.69, 9.17) is 9.47 Å². The van der Waals surface area contributed by atoms with Gasteiger partial charge in [-0.2, -0.15) is 0 Å². The van der Waals surface area contributed by atoms with E-state index in [1.807, 2.05) is 0 Å². The third-order valence-corrected chi connectivity index (χ3v) is 3.30. The molecule has 1 rings (SSSR count). The minimum Gasteiger partial charge on any atom is -0.508 e. The van der Waals surface area contributed by atoms with E-state index in [0.29, 0.717) is 24.3 Å². The van der Waals surface area contributed by atoms with Crippen LogP contribution in [-0.2, 0) is 16.0 Å². The Morgan fingerprint density at radius 2 is 2.12 bits per heavy atom. The fourth-order valence-electron chi connectivity index (χ4n) is 1.69. The third-order valence-electron chi connectivity index (χ3n) is 2.74. The topological polar surface area (TPSA) is 67.8 Å². The van der Waals surface area contributed by atoms with Crippen LogP contribution in [0, 0.1) is 11.8 Å². The van der Waals surface area contributed by atoms with E-state index in [1.54, 1.807) is 39.0 Å². The van der Waals surface area contributed by atoms with Gasteiger partial charge in [0.25, 0.3) is 0 Å². The van der Waals surface area contributed by atoms with Gasteiger partial charge in [0, 0.05) is 29.6 Å². The van der Waals surface area contributed by atoms with E-state index in [9.17, 15) is 9.90 Å². The smallest absolute Gasteiger partial charge is 0.407 e. The number of alkyl halides is 1. The summed E-state index contributed by atoms with van der Waals surface area (Å²) in [5, 5.41) is 13.5. The molecular weight excluding hydrogens is 374 g/mol. The number of hydrogen-bond acceptors (Lipinski definition) is 4. The van der Waals surface area contributed by atoms with Crippen LogP contribution in [0.5, 0.6) is 5.75 Å². The van der Waals surface area contributed by atoms with E-state index >= 15 is 0 Å². The lowest BCUT2D eigenvalue weighted by molar-refractivity contribution is 0.0523. The number of hydrogen-bond donors (Lipinski definition) is 2. The predicted molar refractivity (Wildman–Crippen MR) is 97.3 cm³/mol. The number of alkyl carbamates (subject to hydrolysis) is 1. The predicted octanol–water partition coefficient (Wildman–Crippen LogP) is 3.57. The fraction of sp³-hybridized carbons (Fsp3) is 0.500. The molecule has 0 atom stereocenters. The molecule has 0 saturated heterocycles. The maximum Gasteiger partial charge on any atom is 0.407 e. The lowest BCUT2D eigenvalue weighted by Crippen LogP contribution is -2.32. The first-order valence-corrected chi connectivity index (χ1v) is 8.85. The van der Waals surface area contributed by atoms with E-state index in [-0.39, 0.29) is 12.3 Å². The van der Waals surface area contributed by atoms with Crippen molar-refractivity contribution in [2.75, 3.05) is 18.5 Å². The van der Waals surface area contributed by atoms with Crippen LogP contribution >= 0.6 is 15.9 Å². The van der Waals surface area contributed by atoms with Crippen LogP contribution in [0.4, 0.5) is 4.79 Å². The van der Waals surface area contributed by atoms with Gasteiger partial charge in [-0.05, 0) is 39.3 Å². The monoisotopic (exact) mass is 397 g/mol. The van der Waals surface area contributed by atoms with Crippen molar-refractivity contribution in [1.82, 2.24) is 5.32 Å². The third kappa shape index (κ3) is 8.80. The zero-order valence-electron chi connectivity index (χ0n) is 14.3. The maximum atomic E-state index is 11.6. The zero-order chi connectivity index (χ0) is 18.0. The molecule has 0 heterocycles. The minimum absolute atomic E-state index is 0.0815. The van der Waals surface area contributed by atoms with Crippen molar-refractivity contribution in [2.24, 2.45) is 0 Å². The first kappa shape index (κ1) is 20.3. The molecule has 6 heteroatoms. The highest BCUT2D eigenvalue weighted by Crippen LogP contribution is 2.18. The second-order valence-electron chi connectivity index (χ2n) is 6.10. The number of carbonyl (C=O) groups excluding carboxylic acids is 1. The van der Waals surface area contributed by atoms with E-state index in [1.165, 1.54) is 0 Å². The Bertz CT molecular complexity index is 599. The Morgan fingerprint density at radius 1 is 1.38 bits per heavy atom. The summed E-state index contributed by atoms with van der Waals surface area (Å²) in [4.78, 5) is 11.6. The van der Waals surface area contributed by atoms with Gasteiger partial charge in [-0.25, -0.2) is 4.79 Å². The van der Waals surface area contributed by atoms with Crippen LogP contribution < -0.4 is 5.32 Å². The van der Waals surface area contributed by atoms with E-state index in [0.717, 1.165) is 11.8 Å². The van der Waals surface area contributed by atoms with Gasteiger partial charge in [0.15, 0.2) is 0 Å². The quantitative estimate of drug-likeness (QED) is 0.437. The molecule has 1 amide bonds. The second kappa shape index (κ2) is 10.2. The molecular formula is C18H24BrNO4. The number of phenols is 1. The molecule has 0 saturated carbocycles. The molecule has 2 N–H and O–H groups in total. The van der Waals surface area contributed by atoms with Crippen molar-refractivity contribution in [1.29, 1.82) is 0 Å². The lowest BCUT2D eigenvalue weighted by atomic mass is 10.1. The largest absolute Gasteiger partial charge is 0.508 e. The molecule has 0 aliphatic rings. The summed E-state index contributed by atoms with van der Waals surface area (Å²) < 4.78 is 10.5. The number of amides is 1. The molecule has 0 aliphatic heterocycles. The molecule has 0 aliphatic carbocycles. The number of carbonyl (C=O) groups is 1. The van der Waals surface area contributed by atoms with Gasteiger partial charge in [-0.1, -0.05) is 33.8 Å². The van der Waals surface area contributed by atoms with Crippen LogP contribution in [0.2, 0.25) is 0 Å². The van der Waals surface area contributed by atoms with Crippen molar-refractivity contribution in [3.8, 4) is 17.6 Å². The average molecular weight is 398 g/mol. The first-order chi connectivity index (χ1) is 11.3. The number of benzene rings is 1. The number of ether oxygens (including phenoxy) is 2. The number of nitrogens with one attached hydrogen (secondary N) is 1. The van der Waals surface area contributed by atoms with Gasteiger partial charge < -0.3 is 19.9 Å². The van der Waals surface area contributed by atoms with Gasteiger partial charge in [-0.3, -0.25) is 0 Å². The summed E-state index contributed by atoms with van der Waals surface area (Å²) in [5.41, 5.74) is 0.736. The van der Waals surface area contributed by atoms with E-state index < -0.39 is 11.7 Å². The Labute approximate surface area is 151 Å². The van der Waals surface area contributed by atoms with Crippen molar-refractivity contribution in [2.45, 2.75) is 39.3 Å². The summed E-state index contributed by atoms with van der Waals surface area (Å²) in [6.45, 7) is 6.59. The highest BCUT2D eigenvalue weighted by Gasteiger charge is 2.16. The zero-order valence-corrected chi connectivity index (χ0v) is 15.9. The molecule has 0 fully saturated rings. The first-order valence-electron chi connectivity index (χ1n) is 7.73. The summed E-state index contributed by atoms with van der Waals surface area (Å²) in [6, 6.07) is 5.08. The van der Waals surface area contributed by atoms with Gasteiger partial charge in [0.2, 0.25) is 0 Å². The summed E-state index contributed by atoms with van der Waals surface area (Å²) in [6.07, 6.45) is 0.424. The van der Waals surface area contributed by atoms with Crippen molar-refractivity contribution < 1.29 is 19.4 Å². The van der Waals surface area contributed by atoms with Gasteiger partial charge in [0.05, 0.1) is 0 Å².